The lowest BCUT2D eigenvalue weighted by Gasteiger charge is -2.34. The number of aromatic nitrogens is 2. The van der Waals surface area contributed by atoms with Gasteiger partial charge in [0.05, 0.1) is 0 Å². The Bertz CT molecular complexity index is 396. The molecule has 1 aliphatic carbocycles. The number of primary amides is 1. The van der Waals surface area contributed by atoms with Crippen molar-refractivity contribution >= 4 is 5.91 Å². The molecular formula is C11H18N4O2. The van der Waals surface area contributed by atoms with Gasteiger partial charge in [-0.15, -0.1) is 0 Å². The third-order valence-electron chi connectivity index (χ3n) is 3.56. The molecule has 1 fully saturated rings. The summed E-state index contributed by atoms with van der Waals surface area (Å²) in [4.78, 5) is 14.9. The summed E-state index contributed by atoms with van der Waals surface area (Å²) >= 11 is 0. The van der Waals surface area contributed by atoms with E-state index in [4.69, 9.17) is 16.0 Å². The Labute approximate surface area is 99.7 Å². The summed E-state index contributed by atoms with van der Waals surface area (Å²) in [6, 6.07) is 0. The van der Waals surface area contributed by atoms with Gasteiger partial charge in [0.25, 0.3) is 11.7 Å². The van der Waals surface area contributed by atoms with Crippen LogP contribution in [0.3, 0.4) is 0 Å². The van der Waals surface area contributed by atoms with E-state index in [0.29, 0.717) is 18.9 Å². The Morgan fingerprint density at radius 3 is 2.59 bits per heavy atom. The molecular weight excluding hydrogens is 220 g/mol. The minimum absolute atomic E-state index is 0.0528. The van der Waals surface area contributed by atoms with Crippen LogP contribution >= 0.6 is 0 Å². The summed E-state index contributed by atoms with van der Waals surface area (Å²) in [5.41, 5.74) is 11.0. The maximum absolute atomic E-state index is 10.9. The second kappa shape index (κ2) is 4.83. The average Bonchev–Trinajstić information content (AvgIpc) is 2.79. The van der Waals surface area contributed by atoms with Crippen LogP contribution in [0.2, 0.25) is 0 Å². The van der Waals surface area contributed by atoms with Gasteiger partial charge in [0.15, 0.2) is 0 Å². The van der Waals surface area contributed by atoms with Crippen LogP contribution in [0.4, 0.5) is 0 Å². The van der Waals surface area contributed by atoms with Gasteiger partial charge in [-0.3, -0.25) is 4.79 Å². The monoisotopic (exact) mass is 238 g/mol. The molecule has 0 unspecified atom stereocenters. The third-order valence-corrected chi connectivity index (χ3v) is 3.56. The molecule has 1 amide bonds. The van der Waals surface area contributed by atoms with Gasteiger partial charge in [0, 0.05) is 6.42 Å². The topological polar surface area (TPSA) is 108 Å². The van der Waals surface area contributed by atoms with Crippen molar-refractivity contribution in [1.29, 1.82) is 0 Å². The first-order valence-electron chi connectivity index (χ1n) is 5.98. The van der Waals surface area contributed by atoms with Gasteiger partial charge in [-0.05, 0) is 24.8 Å². The first kappa shape index (κ1) is 12.0. The molecule has 0 atom stereocenters. The molecule has 0 saturated heterocycles. The van der Waals surface area contributed by atoms with Crippen molar-refractivity contribution in [2.24, 2.45) is 16.9 Å². The minimum atomic E-state index is -0.662. The smallest absolute Gasteiger partial charge is 0.290 e. The fourth-order valence-electron chi connectivity index (χ4n) is 2.50. The zero-order valence-electron chi connectivity index (χ0n) is 9.82. The van der Waals surface area contributed by atoms with Crippen molar-refractivity contribution in [3.8, 4) is 0 Å². The fraction of sp³-hybridized carbons (Fsp3) is 0.727. The van der Waals surface area contributed by atoms with Crippen LogP contribution in [0.25, 0.3) is 0 Å². The number of amides is 1. The molecule has 94 valence electrons. The molecule has 6 nitrogen and oxygen atoms in total. The summed E-state index contributed by atoms with van der Waals surface area (Å²) in [6.07, 6.45) is 6.44. The highest BCUT2D eigenvalue weighted by molar-refractivity contribution is 5.88. The van der Waals surface area contributed by atoms with E-state index in [1.165, 1.54) is 19.3 Å². The molecule has 0 spiro atoms. The summed E-state index contributed by atoms with van der Waals surface area (Å²) in [7, 11) is 0. The van der Waals surface area contributed by atoms with Crippen molar-refractivity contribution in [1.82, 2.24) is 10.1 Å². The minimum Gasteiger partial charge on any atom is -0.363 e. The van der Waals surface area contributed by atoms with E-state index >= 15 is 0 Å². The van der Waals surface area contributed by atoms with Gasteiger partial charge in [-0.1, -0.05) is 24.4 Å². The Morgan fingerprint density at radius 2 is 2.06 bits per heavy atom. The maximum atomic E-state index is 10.9. The van der Waals surface area contributed by atoms with E-state index < -0.39 is 5.91 Å². The average molecular weight is 238 g/mol. The summed E-state index contributed by atoms with van der Waals surface area (Å²) in [5.74, 6) is -0.250. The predicted molar refractivity (Wildman–Crippen MR) is 61.1 cm³/mol. The van der Waals surface area contributed by atoms with Crippen LogP contribution in [0, 0.1) is 5.41 Å². The molecule has 1 saturated carbocycles. The van der Waals surface area contributed by atoms with E-state index in [1.54, 1.807) is 0 Å². The molecule has 6 heteroatoms. The second-order valence-electron chi connectivity index (χ2n) is 4.82. The Morgan fingerprint density at radius 1 is 1.35 bits per heavy atom. The van der Waals surface area contributed by atoms with Crippen molar-refractivity contribution in [3.63, 3.8) is 0 Å². The Hall–Kier alpha value is -1.43. The number of hydrogen-bond acceptors (Lipinski definition) is 5. The standard InChI is InChI=1S/C11H18N4O2/c12-7-11(4-2-1-3-5-11)6-8-14-10(9(13)16)15-17-8/h1-7,12H2,(H2,13,16). The zero-order chi connectivity index (χ0) is 12.3. The zero-order valence-corrected chi connectivity index (χ0v) is 9.82. The SMILES string of the molecule is NCC1(Cc2nc(C(N)=O)no2)CCCCC1. The number of carbonyl (C=O) groups excluding carboxylic acids is 1. The van der Waals surface area contributed by atoms with E-state index in [1.807, 2.05) is 0 Å². The van der Waals surface area contributed by atoms with Crippen LogP contribution < -0.4 is 11.5 Å². The second-order valence-corrected chi connectivity index (χ2v) is 4.82. The van der Waals surface area contributed by atoms with Gasteiger partial charge < -0.3 is 16.0 Å². The van der Waals surface area contributed by atoms with Crippen molar-refractivity contribution in [3.05, 3.63) is 11.7 Å². The van der Waals surface area contributed by atoms with Gasteiger partial charge >= 0.3 is 0 Å². The van der Waals surface area contributed by atoms with Crippen molar-refractivity contribution in [2.75, 3.05) is 6.54 Å². The molecule has 2 rings (SSSR count). The molecule has 1 aliphatic rings. The Balaban J connectivity index is 2.09. The number of hydrogen-bond donors (Lipinski definition) is 2. The highest BCUT2D eigenvalue weighted by Gasteiger charge is 2.33. The number of rotatable bonds is 4. The van der Waals surface area contributed by atoms with E-state index in [9.17, 15) is 4.79 Å². The van der Waals surface area contributed by atoms with Crippen LogP contribution in [0.1, 0.15) is 48.6 Å². The highest BCUT2D eigenvalue weighted by atomic mass is 16.5. The van der Waals surface area contributed by atoms with Crippen LogP contribution in [-0.2, 0) is 6.42 Å². The van der Waals surface area contributed by atoms with Gasteiger partial charge in [0.2, 0.25) is 5.89 Å². The summed E-state index contributed by atoms with van der Waals surface area (Å²) in [6.45, 7) is 0.612. The van der Waals surface area contributed by atoms with E-state index in [0.717, 1.165) is 12.8 Å². The molecule has 0 aliphatic heterocycles. The van der Waals surface area contributed by atoms with E-state index in [-0.39, 0.29) is 11.2 Å². The first-order chi connectivity index (χ1) is 8.15. The summed E-state index contributed by atoms with van der Waals surface area (Å²) < 4.78 is 5.04. The van der Waals surface area contributed by atoms with Crippen LogP contribution in [-0.4, -0.2) is 22.6 Å². The molecule has 0 radical (unpaired) electrons. The molecule has 4 N–H and O–H groups in total. The van der Waals surface area contributed by atoms with Crippen LogP contribution in [0.15, 0.2) is 4.52 Å². The molecule has 17 heavy (non-hydrogen) atoms. The van der Waals surface area contributed by atoms with Gasteiger partial charge in [0.1, 0.15) is 0 Å². The Kier molecular flexibility index (Phi) is 3.42. The normalized spacial score (nSPS) is 19.1. The molecule has 1 aromatic heterocycles. The lowest BCUT2D eigenvalue weighted by atomic mass is 9.72. The predicted octanol–water partition coefficient (Wildman–Crippen LogP) is 0.620. The van der Waals surface area contributed by atoms with Gasteiger partial charge in [-0.2, -0.15) is 4.98 Å². The molecule has 1 aromatic rings. The highest BCUT2D eigenvalue weighted by Crippen LogP contribution is 2.37. The van der Waals surface area contributed by atoms with Gasteiger partial charge in [-0.25, -0.2) is 0 Å². The maximum Gasteiger partial charge on any atom is 0.290 e. The number of nitrogens with zero attached hydrogens (tertiary/aromatic N) is 2. The quantitative estimate of drug-likeness (QED) is 0.799. The third kappa shape index (κ3) is 2.63. The van der Waals surface area contributed by atoms with Crippen molar-refractivity contribution in [2.45, 2.75) is 38.5 Å². The first-order valence-corrected chi connectivity index (χ1v) is 5.98. The van der Waals surface area contributed by atoms with E-state index in [2.05, 4.69) is 10.1 Å². The number of carbonyl (C=O) groups is 1. The lowest BCUT2D eigenvalue weighted by molar-refractivity contribution is 0.0987. The summed E-state index contributed by atoms with van der Waals surface area (Å²) in [5, 5.41) is 3.55. The molecule has 0 aromatic carbocycles. The van der Waals surface area contributed by atoms with Crippen LogP contribution in [0.5, 0.6) is 0 Å². The number of nitrogens with two attached hydrogens (primary N) is 2. The molecule has 0 bridgehead atoms. The molecule has 1 heterocycles. The lowest BCUT2D eigenvalue weighted by Crippen LogP contribution is -2.35. The fourth-order valence-corrected chi connectivity index (χ4v) is 2.50. The van der Waals surface area contributed by atoms with Crippen molar-refractivity contribution < 1.29 is 9.32 Å². The largest absolute Gasteiger partial charge is 0.363 e.